The van der Waals surface area contributed by atoms with Gasteiger partial charge in [-0.05, 0) is 0 Å². The number of rotatable bonds is 4. The first-order chi connectivity index (χ1) is 4.20. The Labute approximate surface area is 66.0 Å². The van der Waals surface area contributed by atoms with Crippen molar-refractivity contribution in [3.05, 3.63) is 0 Å². The van der Waals surface area contributed by atoms with Crippen LogP contribution in [0.5, 0.6) is 0 Å². The average molecular weight is 162 g/mol. The lowest BCUT2D eigenvalue weighted by Gasteiger charge is -2.08. The minimum absolute atomic E-state index is 0.952. The molecule has 0 spiro atoms. The van der Waals surface area contributed by atoms with Crippen LogP contribution in [0.1, 0.15) is 0 Å². The molecule has 52 valence electrons. The summed E-state index contributed by atoms with van der Waals surface area (Å²) in [5.41, 5.74) is 0. The number of hydrogen-bond acceptors (Lipinski definition) is 3. The van der Waals surface area contributed by atoms with Crippen LogP contribution in [-0.4, -0.2) is 43.9 Å². The molecule has 0 saturated heterocycles. The highest BCUT2D eigenvalue weighted by molar-refractivity contribution is 6.58. The summed E-state index contributed by atoms with van der Waals surface area (Å²) in [6, 6.07) is 0. The summed E-state index contributed by atoms with van der Waals surface area (Å²) in [6.07, 6.45) is 0. The lowest BCUT2D eigenvalue weighted by atomic mass is 11.8. The van der Waals surface area contributed by atoms with Gasteiger partial charge in [-0.3, -0.25) is 0 Å². The van der Waals surface area contributed by atoms with E-state index in [2.05, 4.69) is 11.6 Å². The molecule has 0 aliphatic carbocycles. The van der Waals surface area contributed by atoms with Gasteiger partial charge in [0.25, 0.3) is 0 Å². The Balaban J connectivity index is 3.31. The maximum Gasteiger partial charge on any atom is 0.873 e. The van der Waals surface area contributed by atoms with E-state index in [0.717, 1.165) is 0 Å². The molecular weight excluding hydrogens is 150 g/mol. The van der Waals surface area contributed by atoms with Crippen LogP contribution in [0.25, 0.3) is 0 Å². The highest BCUT2D eigenvalue weighted by Gasteiger charge is 2.28. The molecule has 0 aliphatic rings. The lowest BCUT2D eigenvalue weighted by Crippen LogP contribution is -2.29. The SMILES string of the molecule is C[O][Al]([O]C)[O][Al]([CH3])[CH3]. The summed E-state index contributed by atoms with van der Waals surface area (Å²) in [5.74, 6) is 4.19. The van der Waals surface area contributed by atoms with Crippen molar-refractivity contribution < 1.29 is 10.4 Å². The molecule has 0 aromatic rings. The van der Waals surface area contributed by atoms with Crippen molar-refractivity contribution in [3.63, 3.8) is 0 Å². The van der Waals surface area contributed by atoms with Crippen LogP contribution in [0.4, 0.5) is 0 Å². The van der Waals surface area contributed by atoms with Crippen molar-refractivity contribution in [2.75, 3.05) is 14.2 Å². The third-order valence-corrected chi connectivity index (χ3v) is 4.60. The van der Waals surface area contributed by atoms with E-state index in [1.165, 1.54) is 0 Å². The fourth-order valence-electron chi connectivity index (χ4n) is 0.430. The van der Waals surface area contributed by atoms with Gasteiger partial charge in [0.1, 0.15) is 0 Å². The van der Waals surface area contributed by atoms with Gasteiger partial charge in [-0.15, -0.1) is 0 Å². The Kier molecular flexibility index (Phi) is 6.31. The van der Waals surface area contributed by atoms with Crippen LogP contribution in [-0.2, 0) is 10.4 Å². The van der Waals surface area contributed by atoms with Crippen molar-refractivity contribution in [3.8, 4) is 0 Å². The first-order valence-electron chi connectivity index (χ1n) is 2.91. The second kappa shape index (κ2) is 5.71. The Morgan fingerprint density at radius 1 is 1.00 bits per heavy atom. The highest BCUT2D eigenvalue weighted by atomic mass is 27.3. The molecule has 0 radical (unpaired) electrons. The third-order valence-electron chi connectivity index (χ3n) is 0.768. The molecule has 0 bridgehead atoms. The molecule has 0 amide bonds. The Hall–Kier alpha value is 0.945. The van der Waals surface area contributed by atoms with Gasteiger partial charge < -0.3 is 10.4 Å². The van der Waals surface area contributed by atoms with E-state index >= 15 is 0 Å². The molecule has 0 saturated carbocycles. The predicted molar refractivity (Wildman–Crippen MR) is 38.3 cm³/mol. The molecule has 0 aromatic heterocycles. The third kappa shape index (κ3) is 5.39. The standard InChI is InChI=1S/2CH3O.2CH3.2Al.O/c2*1-2;;;;;/h2*1H3;2*1H3;;;/q2*-1;;;;+2;. The molecule has 5 heteroatoms. The zero-order valence-corrected chi connectivity index (χ0v) is 8.69. The molecule has 0 fully saturated rings. The topological polar surface area (TPSA) is 27.7 Å². The zero-order valence-electron chi connectivity index (χ0n) is 6.38. The van der Waals surface area contributed by atoms with Crippen molar-refractivity contribution in [2.24, 2.45) is 0 Å². The molecular formula is C4H12Al2O3. The molecule has 0 N–H and O–H groups in total. The Morgan fingerprint density at radius 2 is 1.44 bits per heavy atom. The van der Waals surface area contributed by atoms with Crippen LogP contribution < -0.4 is 0 Å². The molecule has 0 aliphatic heterocycles. The van der Waals surface area contributed by atoms with Crippen LogP contribution in [0, 0.1) is 0 Å². The Morgan fingerprint density at radius 3 is 1.56 bits per heavy atom. The van der Waals surface area contributed by atoms with E-state index in [0.29, 0.717) is 0 Å². The maximum absolute atomic E-state index is 5.38. The van der Waals surface area contributed by atoms with Crippen LogP contribution in [0.15, 0.2) is 0 Å². The van der Waals surface area contributed by atoms with Crippen LogP contribution in [0.2, 0.25) is 11.6 Å². The lowest BCUT2D eigenvalue weighted by molar-refractivity contribution is 0.202. The van der Waals surface area contributed by atoms with Crippen LogP contribution in [0.3, 0.4) is 0 Å². The smallest absolute Gasteiger partial charge is 0.590 e. The zero-order chi connectivity index (χ0) is 7.28. The van der Waals surface area contributed by atoms with Gasteiger partial charge in [-0.25, -0.2) is 0 Å². The second-order valence-electron chi connectivity index (χ2n) is 1.94. The minimum Gasteiger partial charge on any atom is -0.590 e. The first kappa shape index (κ1) is 9.94. The quantitative estimate of drug-likeness (QED) is 0.564. The van der Waals surface area contributed by atoms with Crippen molar-refractivity contribution in [1.29, 1.82) is 0 Å². The summed E-state index contributed by atoms with van der Waals surface area (Å²) < 4.78 is 15.3. The van der Waals surface area contributed by atoms with Crippen LogP contribution >= 0.6 is 0 Å². The van der Waals surface area contributed by atoms with Gasteiger partial charge in [0, 0.05) is 14.2 Å². The molecule has 0 heterocycles. The van der Waals surface area contributed by atoms with E-state index in [-0.39, 0.29) is 0 Å². The normalized spacial score (nSPS) is 9.33. The van der Waals surface area contributed by atoms with Gasteiger partial charge in [-0.2, -0.15) is 0 Å². The van der Waals surface area contributed by atoms with Gasteiger partial charge >= 0.3 is 29.6 Å². The summed E-state index contributed by atoms with van der Waals surface area (Å²) in [6.45, 7) is 0. The van der Waals surface area contributed by atoms with Crippen molar-refractivity contribution in [2.45, 2.75) is 11.6 Å². The van der Waals surface area contributed by atoms with Crippen molar-refractivity contribution >= 4 is 29.6 Å². The van der Waals surface area contributed by atoms with Gasteiger partial charge in [0.2, 0.25) is 0 Å². The second-order valence-corrected chi connectivity index (χ2v) is 6.65. The Bertz CT molecular complexity index is 64.8. The van der Waals surface area contributed by atoms with E-state index in [4.69, 9.17) is 10.4 Å². The molecule has 0 rings (SSSR count). The molecule has 0 atom stereocenters. The maximum atomic E-state index is 5.38. The van der Waals surface area contributed by atoms with E-state index in [1.807, 2.05) is 0 Å². The molecule has 0 aromatic carbocycles. The van der Waals surface area contributed by atoms with Crippen molar-refractivity contribution in [1.82, 2.24) is 0 Å². The fraction of sp³-hybridized carbons (Fsp3) is 1.00. The molecule has 3 nitrogen and oxygen atoms in total. The largest absolute Gasteiger partial charge is 0.873 e. The monoisotopic (exact) mass is 162 g/mol. The summed E-state index contributed by atoms with van der Waals surface area (Å²) >= 11 is -2.64. The van der Waals surface area contributed by atoms with Gasteiger partial charge in [0.15, 0.2) is 0 Å². The summed E-state index contributed by atoms with van der Waals surface area (Å²) in [5, 5.41) is 0. The van der Waals surface area contributed by atoms with Gasteiger partial charge in [-0.1, -0.05) is 11.6 Å². The van der Waals surface area contributed by atoms with E-state index in [9.17, 15) is 0 Å². The highest BCUT2D eigenvalue weighted by Crippen LogP contribution is 1.91. The average Bonchev–Trinajstić information content (AvgIpc) is 1.82. The first-order valence-corrected chi connectivity index (χ1v) is 7.11. The van der Waals surface area contributed by atoms with E-state index in [1.54, 1.807) is 14.2 Å². The fourth-order valence-corrected chi connectivity index (χ4v) is 3.29. The summed E-state index contributed by atoms with van der Waals surface area (Å²) in [4.78, 5) is 0. The minimum atomic E-state index is -1.69. The van der Waals surface area contributed by atoms with Gasteiger partial charge in [0.05, 0.1) is 0 Å². The molecule has 9 heavy (non-hydrogen) atoms. The predicted octanol–water partition coefficient (Wildman–Crippen LogP) is 0.532. The number of hydrogen-bond donors (Lipinski definition) is 0. The summed E-state index contributed by atoms with van der Waals surface area (Å²) in [7, 11) is 3.24. The van der Waals surface area contributed by atoms with E-state index < -0.39 is 29.6 Å². The molecule has 0 unspecified atom stereocenters.